The van der Waals surface area contributed by atoms with E-state index in [2.05, 4.69) is 10.6 Å². The summed E-state index contributed by atoms with van der Waals surface area (Å²) in [6, 6.07) is 3.33. The Hall–Kier alpha value is -3.90. The number of benzene rings is 1. The minimum Gasteiger partial charge on any atom is -0.368 e. The summed E-state index contributed by atoms with van der Waals surface area (Å²) in [5.74, 6) is -5.92. The molecule has 10 nitrogen and oxygen atoms in total. The Kier molecular flexibility index (Phi) is 7.80. The molecule has 0 radical (unpaired) electrons. The third kappa shape index (κ3) is 5.85. The van der Waals surface area contributed by atoms with Crippen LogP contribution in [0.25, 0.3) is 0 Å². The standard InChI is InChI=1S/C30H36F3N5O5/c1-29(2,3)23(37-28(43)30(31,32)33)27(42)38-13-18-14-8-9-16(10-14)21(18)22(38)26(41)36-20(24(34)39)12-17-11-15-6-4-5-7-19(15)35-25(17)40/h4-9,14,16-18,20-23H,10-13H2,1-3H3,(H2,34,39)(H,35,40)(H,36,41)(H,37,43)/t14?,16?,17?,18?,20-,21?,22?,23+/m0/s1. The van der Waals surface area contributed by atoms with E-state index in [4.69, 9.17) is 5.73 Å². The van der Waals surface area contributed by atoms with Gasteiger partial charge in [0.25, 0.3) is 0 Å². The number of hydrogen-bond donors (Lipinski definition) is 4. The van der Waals surface area contributed by atoms with Gasteiger partial charge < -0.3 is 26.6 Å². The van der Waals surface area contributed by atoms with Gasteiger partial charge in [0.05, 0.1) is 0 Å². The topological polar surface area (TPSA) is 151 Å². The number of rotatable bonds is 7. The second kappa shape index (κ2) is 11.0. The van der Waals surface area contributed by atoms with Gasteiger partial charge in [-0.3, -0.25) is 24.0 Å². The van der Waals surface area contributed by atoms with E-state index in [1.165, 1.54) is 25.7 Å². The summed E-state index contributed by atoms with van der Waals surface area (Å²) in [5.41, 5.74) is 6.10. The van der Waals surface area contributed by atoms with Crippen molar-refractivity contribution >= 4 is 35.2 Å². The number of carbonyl (C=O) groups excluding carboxylic acids is 5. The van der Waals surface area contributed by atoms with Crippen LogP contribution in [-0.2, 0) is 30.4 Å². The molecule has 8 atom stereocenters. The number of anilines is 1. The fraction of sp³-hybridized carbons (Fsp3) is 0.567. The monoisotopic (exact) mass is 603 g/mol. The molecular weight excluding hydrogens is 567 g/mol. The second-order valence-corrected chi connectivity index (χ2v) is 13.1. The fourth-order valence-corrected chi connectivity index (χ4v) is 7.20. The maximum Gasteiger partial charge on any atom is 0.471 e. The number of halogens is 3. The number of likely N-dealkylation sites (tertiary alicyclic amines) is 1. The molecule has 232 valence electrons. The largest absolute Gasteiger partial charge is 0.471 e. The molecule has 13 heteroatoms. The minimum atomic E-state index is -5.20. The maximum absolute atomic E-state index is 14.0. The summed E-state index contributed by atoms with van der Waals surface area (Å²) >= 11 is 0. The number of primary amides is 1. The number of nitrogens with one attached hydrogen (secondary N) is 3. The first-order chi connectivity index (χ1) is 20.1. The lowest BCUT2D eigenvalue weighted by Gasteiger charge is -2.37. The molecule has 2 bridgehead atoms. The van der Waals surface area contributed by atoms with E-state index in [0.29, 0.717) is 12.1 Å². The smallest absolute Gasteiger partial charge is 0.368 e. The molecule has 2 fully saturated rings. The van der Waals surface area contributed by atoms with Crippen molar-refractivity contribution in [2.75, 3.05) is 11.9 Å². The highest BCUT2D eigenvalue weighted by Gasteiger charge is 2.59. The van der Waals surface area contributed by atoms with Crippen LogP contribution in [0.3, 0.4) is 0 Å². The highest BCUT2D eigenvalue weighted by molar-refractivity contribution is 5.98. The van der Waals surface area contributed by atoms with Gasteiger partial charge in [0.15, 0.2) is 0 Å². The van der Waals surface area contributed by atoms with Crippen molar-refractivity contribution < 1.29 is 37.1 Å². The molecule has 43 heavy (non-hydrogen) atoms. The third-order valence-corrected chi connectivity index (χ3v) is 9.29. The molecule has 1 saturated carbocycles. The summed E-state index contributed by atoms with van der Waals surface area (Å²) < 4.78 is 39.5. The first-order valence-corrected chi connectivity index (χ1v) is 14.4. The zero-order chi connectivity index (χ0) is 31.4. The lowest BCUT2D eigenvalue weighted by Crippen LogP contribution is -2.61. The molecule has 2 heterocycles. The average molecular weight is 604 g/mol. The SMILES string of the molecule is CC(C)(C)[C@H](NC(=O)C(F)(F)F)C(=O)N1CC2C3C=CC(C3)C2C1C(=O)N[C@@H](CC1Cc2ccccc2NC1=O)C(N)=O. The fourth-order valence-electron chi connectivity index (χ4n) is 7.20. The Morgan fingerprint density at radius 2 is 1.74 bits per heavy atom. The molecule has 5 N–H and O–H groups in total. The molecule has 6 unspecified atom stereocenters. The first kappa shape index (κ1) is 30.6. The van der Waals surface area contributed by atoms with Crippen molar-refractivity contribution in [3.8, 4) is 0 Å². The van der Waals surface area contributed by atoms with Gasteiger partial charge in [-0.1, -0.05) is 51.1 Å². The number of amides is 5. The minimum absolute atomic E-state index is 0.0333. The van der Waals surface area contributed by atoms with Crippen LogP contribution in [-0.4, -0.2) is 65.3 Å². The Morgan fingerprint density at radius 1 is 1.07 bits per heavy atom. The molecule has 5 rings (SSSR count). The Morgan fingerprint density at radius 3 is 2.40 bits per heavy atom. The van der Waals surface area contributed by atoms with Gasteiger partial charge in [0, 0.05) is 18.2 Å². The van der Waals surface area contributed by atoms with Crippen LogP contribution in [0.1, 0.15) is 39.2 Å². The van der Waals surface area contributed by atoms with E-state index in [1.54, 1.807) is 12.1 Å². The zero-order valence-corrected chi connectivity index (χ0v) is 24.1. The van der Waals surface area contributed by atoms with Crippen LogP contribution >= 0.6 is 0 Å². The third-order valence-electron chi connectivity index (χ3n) is 9.29. The van der Waals surface area contributed by atoms with Crippen LogP contribution in [0.5, 0.6) is 0 Å². The summed E-state index contributed by atoms with van der Waals surface area (Å²) in [7, 11) is 0. The second-order valence-electron chi connectivity index (χ2n) is 13.1. The molecule has 2 aliphatic heterocycles. The van der Waals surface area contributed by atoms with Crippen molar-refractivity contribution in [1.82, 2.24) is 15.5 Å². The summed E-state index contributed by atoms with van der Waals surface area (Å²) in [5, 5.41) is 7.32. The van der Waals surface area contributed by atoms with Crippen LogP contribution in [0.2, 0.25) is 0 Å². The number of para-hydroxylation sites is 1. The molecule has 2 aliphatic carbocycles. The summed E-state index contributed by atoms with van der Waals surface area (Å²) in [6.45, 7) is 4.70. The van der Waals surface area contributed by atoms with Gasteiger partial charge in [0.1, 0.15) is 18.1 Å². The lowest BCUT2D eigenvalue weighted by molar-refractivity contribution is -0.176. The van der Waals surface area contributed by atoms with Crippen LogP contribution < -0.4 is 21.7 Å². The van der Waals surface area contributed by atoms with Gasteiger partial charge >= 0.3 is 12.1 Å². The van der Waals surface area contributed by atoms with Crippen LogP contribution in [0, 0.1) is 35.0 Å². The van der Waals surface area contributed by atoms with Crippen molar-refractivity contribution in [3.05, 3.63) is 42.0 Å². The molecule has 4 aliphatic rings. The van der Waals surface area contributed by atoms with Crippen molar-refractivity contribution in [1.29, 1.82) is 0 Å². The van der Waals surface area contributed by atoms with E-state index >= 15 is 0 Å². The van der Waals surface area contributed by atoms with Crippen molar-refractivity contribution in [2.24, 2.45) is 40.7 Å². The van der Waals surface area contributed by atoms with Crippen LogP contribution in [0.15, 0.2) is 36.4 Å². The number of allylic oxidation sites excluding steroid dienone is 2. The number of nitrogens with zero attached hydrogens (tertiary/aromatic N) is 1. The normalized spacial score (nSPS) is 28.9. The first-order valence-electron chi connectivity index (χ1n) is 14.4. The quantitative estimate of drug-likeness (QED) is 0.351. The van der Waals surface area contributed by atoms with E-state index in [-0.39, 0.29) is 42.5 Å². The number of alkyl halides is 3. The summed E-state index contributed by atoms with van der Waals surface area (Å²) in [6.07, 6.45) is -0.133. The molecular formula is C30H36F3N5O5. The van der Waals surface area contributed by atoms with Crippen LogP contribution in [0.4, 0.5) is 18.9 Å². The van der Waals surface area contributed by atoms with Gasteiger partial charge in [-0.15, -0.1) is 0 Å². The average Bonchev–Trinajstić information content (AvgIpc) is 3.63. The lowest BCUT2D eigenvalue weighted by atomic mass is 9.81. The molecule has 5 amide bonds. The maximum atomic E-state index is 14.0. The van der Waals surface area contributed by atoms with Gasteiger partial charge in [0.2, 0.25) is 23.6 Å². The van der Waals surface area contributed by atoms with E-state index in [9.17, 15) is 37.1 Å². The van der Waals surface area contributed by atoms with Gasteiger partial charge in [-0.2, -0.15) is 13.2 Å². The molecule has 1 aromatic rings. The predicted octanol–water partition coefficient (Wildman–Crippen LogP) is 1.90. The molecule has 1 aromatic carbocycles. The molecule has 0 spiro atoms. The number of nitrogens with two attached hydrogens (primary N) is 1. The number of carbonyl (C=O) groups is 5. The number of fused-ring (bicyclic) bond motifs is 6. The highest BCUT2D eigenvalue weighted by Crippen LogP contribution is 2.54. The van der Waals surface area contributed by atoms with Crippen molar-refractivity contribution in [3.63, 3.8) is 0 Å². The van der Waals surface area contributed by atoms with Gasteiger partial charge in [-0.05, 0) is 60.0 Å². The highest BCUT2D eigenvalue weighted by atomic mass is 19.4. The van der Waals surface area contributed by atoms with E-state index in [0.717, 1.165) is 12.0 Å². The Labute approximate surface area is 247 Å². The molecule has 0 aromatic heterocycles. The van der Waals surface area contributed by atoms with Gasteiger partial charge in [-0.25, -0.2) is 0 Å². The Balaban J connectivity index is 1.39. The zero-order valence-electron chi connectivity index (χ0n) is 24.1. The predicted molar refractivity (Wildman–Crippen MR) is 149 cm³/mol. The molecule has 1 saturated heterocycles. The Bertz CT molecular complexity index is 1370. The number of hydrogen-bond acceptors (Lipinski definition) is 5. The summed E-state index contributed by atoms with van der Waals surface area (Å²) in [4.78, 5) is 66.4. The van der Waals surface area contributed by atoms with E-state index < -0.39 is 59.3 Å². The van der Waals surface area contributed by atoms with E-state index in [1.807, 2.05) is 29.6 Å². The van der Waals surface area contributed by atoms with Crippen molar-refractivity contribution in [2.45, 2.75) is 64.3 Å².